The molecule has 0 aliphatic rings. The zero-order chi connectivity index (χ0) is 13.7. The molecule has 0 spiro atoms. The van der Waals surface area contributed by atoms with E-state index >= 15 is 0 Å². The molecule has 0 saturated carbocycles. The Morgan fingerprint density at radius 2 is 2.05 bits per heavy atom. The number of carbonyl (C=O) groups is 1. The zero-order valence-electron chi connectivity index (χ0n) is 10.2. The van der Waals surface area contributed by atoms with Crippen molar-refractivity contribution < 1.29 is 9.90 Å². The van der Waals surface area contributed by atoms with E-state index in [1.54, 1.807) is 11.3 Å². The van der Waals surface area contributed by atoms with Crippen LogP contribution in [0.3, 0.4) is 0 Å². The maximum Gasteiger partial charge on any atom is 0.312 e. The van der Waals surface area contributed by atoms with Crippen LogP contribution in [-0.2, 0) is 11.3 Å². The van der Waals surface area contributed by atoms with Crippen molar-refractivity contribution in [1.29, 1.82) is 0 Å². The molecule has 1 aromatic heterocycles. The summed E-state index contributed by atoms with van der Waals surface area (Å²) in [6.07, 6.45) is 0. The molecule has 0 saturated heterocycles. The molecule has 100 valence electrons. The van der Waals surface area contributed by atoms with E-state index in [9.17, 15) is 9.90 Å². The minimum atomic E-state index is -0.802. The Bertz CT molecular complexity index is 541. The summed E-state index contributed by atoms with van der Waals surface area (Å²) < 4.78 is 1.07. The molecule has 2 rings (SSSR count). The van der Waals surface area contributed by atoms with Crippen LogP contribution >= 0.6 is 27.3 Å². The molecule has 5 heteroatoms. The van der Waals surface area contributed by atoms with Gasteiger partial charge in [0.25, 0.3) is 0 Å². The number of carboxylic acid groups (broad SMARTS) is 1. The van der Waals surface area contributed by atoms with E-state index in [-0.39, 0.29) is 0 Å². The Balaban J connectivity index is 1.95. The van der Waals surface area contributed by atoms with Gasteiger partial charge in [0.1, 0.15) is 0 Å². The Labute approximate surface area is 124 Å². The first-order chi connectivity index (χ1) is 9.18. The van der Waals surface area contributed by atoms with E-state index in [1.807, 2.05) is 41.8 Å². The fourth-order valence-corrected chi connectivity index (χ4v) is 3.28. The number of thiophene rings is 1. The number of rotatable bonds is 6. The number of hydrogen-bond donors (Lipinski definition) is 2. The van der Waals surface area contributed by atoms with E-state index < -0.39 is 11.9 Å². The number of carboxylic acids is 1. The van der Waals surface area contributed by atoms with Gasteiger partial charge in [-0.1, -0.05) is 30.3 Å². The van der Waals surface area contributed by atoms with E-state index in [2.05, 4.69) is 21.2 Å². The first kappa shape index (κ1) is 14.2. The number of aliphatic carboxylic acids is 1. The van der Waals surface area contributed by atoms with Crippen molar-refractivity contribution >= 4 is 33.2 Å². The summed E-state index contributed by atoms with van der Waals surface area (Å²) >= 11 is 5.11. The molecule has 1 unspecified atom stereocenters. The van der Waals surface area contributed by atoms with Crippen LogP contribution < -0.4 is 5.32 Å². The lowest BCUT2D eigenvalue weighted by Crippen LogP contribution is -2.26. The van der Waals surface area contributed by atoms with Crippen LogP contribution in [0.15, 0.2) is 46.3 Å². The Morgan fingerprint density at radius 1 is 1.32 bits per heavy atom. The van der Waals surface area contributed by atoms with E-state index in [0.29, 0.717) is 13.1 Å². The van der Waals surface area contributed by atoms with Gasteiger partial charge >= 0.3 is 5.97 Å². The molecule has 0 aliphatic heterocycles. The monoisotopic (exact) mass is 339 g/mol. The lowest BCUT2D eigenvalue weighted by molar-refractivity contribution is -0.138. The van der Waals surface area contributed by atoms with E-state index in [1.165, 1.54) is 4.88 Å². The number of benzene rings is 1. The van der Waals surface area contributed by atoms with Gasteiger partial charge in [-0.2, -0.15) is 0 Å². The fourth-order valence-electron chi connectivity index (χ4n) is 1.81. The highest BCUT2D eigenvalue weighted by Gasteiger charge is 2.19. The lowest BCUT2D eigenvalue weighted by Gasteiger charge is -2.13. The summed E-state index contributed by atoms with van der Waals surface area (Å²) in [4.78, 5) is 12.5. The first-order valence-electron chi connectivity index (χ1n) is 5.89. The topological polar surface area (TPSA) is 49.3 Å². The number of nitrogens with one attached hydrogen (secondary N) is 1. The molecular weight excluding hydrogens is 326 g/mol. The van der Waals surface area contributed by atoms with Crippen LogP contribution in [0.1, 0.15) is 16.4 Å². The van der Waals surface area contributed by atoms with Crippen molar-refractivity contribution in [3.63, 3.8) is 0 Å². The average molecular weight is 340 g/mol. The van der Waals surface area contributed by atoms with Crippen LogP contribution in [0.4, 0.5) is 0 Å². The summed E-state index contributed by atoms with van der Waals surface area (Å²) in [6, 6.07) is 11.3. The molecule has 1 atom stereocenters. The van der Waals surface area contributed by atoms with Crippen molar-refractivity contribution in [3.05, 3.63) is 56.7 Å². The highest BCUT2D eigenvalue weighted by Crippen LogP contribution is 2.22. The first-order valence-corrected chi connectivity index (χ1v) is 7.56. The number of halogens is 1. The predicted octanol–water partition coefficient (Wildman–Crippen LogP) is 3.47. The molecule has 2 aromatic rings. The van der Waals surface area contributed by atoms with Crippen molar-refractivity contribution in [2.24, 2.45) is 0 Å². The summed E-state index contributed by atoms with van der Waals surface area (Å²) in [7, 11) is 0. The zero-order valence-corrected chi connectivity index (χ0v) is 12.6. The number of hydrogen-bond acceptors (Lipinski definition) is 3. The van der Waals surface area contributed by atoms with Crippen molar-refractivity contribution in [2.75, 3.05) is 6.54 Å². The van der Waals surface area contributed by atoms with Gasteiger partial charge in [-0.3, -0.25) is 4.79 Å². The normalized spacial score (nSPS) is 12.3. The van der Waals surface area contributed by atoms with Gasteiger partial charge in [0.15, 0.2) is 0 Å². The third kappa shape index (κ3) is 3.89. The van der Waals surface area contributed by atoms with Crippen molar-refractivity contribution in [1.82, 2.24) is 5.32 Å². The molecule has 0 fully saturated rings. The SMILES string of the molecule is O=C(O)C(CNCc1sccc1Br)c1ccccc1. The van der Waals surface area contributed by atoms with Crippen LogP contribution in [-0.4, -0.2) is 17.6 Å². The molecule has 0 bridgehead atoms. The fraction of sp³-hybridized carbons (Fsp3) is 0.214. The third-order valence-corrected chi connectivity index (χ3v) is 4.75. The molecule has 0 amide bonds. The minimum Gasteiger partial charge on any atom is -0.481 e. The molecule has 19 heavy (non-hydrogen) atoms. The Morgan fingerprint density at radius 3 is 2.63 bits per heavy atom. The van der Waals surface area contributed by atoms with E-state index in [0.717, 1.165) is 10.0 Å². The summed E-state index contributed by atoms with van der Waals surface area (Å²) in [5.41, 5.74) is 0.827. The second-order valence-corrected chi connectivity index (χ2v) is 5.98. The largest absolute Gasteiger partial charge is 0.481 e. The second kappa shape index (κ2) is 6.84. The molecular formula is C14H14BrNO2S. The van der Waals surface area contributed by atoms with Gasteiger partial charge in [-0.15, -0.1) is 11.3 Å². The van der Waals surface area contributed by atoms with Gasteiger partial charge in [0.05, 0.1) is 5.92 Å². The van der Waals surface area contributed by atoms with Crippen molar-refractivity contribution in [3.8, 4) is 0 Å². The standard InChI is InChI=1S/C14H14BrNO2S/c15-12-6-7-19-13(12)9-16-8-11(14(17)18)10-4-2-1-3-5-10/h1-7,11,16H,8-9H2,(H,17,18). The minimum absolute atomic E-state index is 0.420. The third-order valence-electron chi connectivity index (χ3n) is 2.83. The second-order valence-electron chi connectivity index (χ2n) is 4.12. The van der Waals surface area contributed by atoms with Gasteiger partial charge in [-0.25, -0.2) is 0 Å². The summed E-state index contributed by atoms with van der Waals surface area (Å²) in [6.45, 7) is 1.10. The summed E-state index contributed by atoms with van der Waals surface area (Å²) in [5.74, 6) is -1.32. The highest BCUT2D eigenvalue weighted by molar-refractivity contribution is 9.10. The maximum absolute atomic E-state index is 11.3. The van der Waals surface area contributed by atoms with Crippen LogP contribution in [0.25, 0.3) is 0 Å². The van der Waals surface area contributed by atoms with Gasteiger partial charge < -0.3 is 10.4 Å². The predicted molar refractivity (Wildman–Crippen MR) is 80.5 cm³/mol. The quantitative estimate of drug-likeness (QED) is 0.847. The Hall–Kier alpha value is -1.17. The van der Waals surface area contributed by atoms with Gasteiger partial charge in [0, 0.05) is 22.4 Å². The van der Waals surface area contributed by atoms with Crippen molar-refractivity contribution in [2.45, 2.75) is 12.5 Å². The molecule has 1 heterocycles. The highest BCUT2D eigenvalue weighted by atomic mass is 79.9. The summed E-state index contributed by atoms with van der Waals surface area (Å²) in [5, 5.41) is 14.5. The van der Waals surface area contributed by atoms with Gasteiger partial charge in [0.2, 0.25) is 0 Å². The van der Waals surface area contributed by atoms with Crippen LogP contribution in [0.5, 0.6) is 0 Å². The Kier molecular flexibility index (Phi) is 5.13. The van der Waals surface area contributed by atoms with Crippen LogP contribution in [0.2, 0.25) is 0 Å². The molecule has 1 aromatic carbocycles. The van der Waals surface area contributed by atoms with E-state index in [4.69, 9.17) is 0 Å². The molecule has 3 nitrogen and oxygen atoms in total. The average Bonchev–Trinajstić information content (AvgIpc) is 2.81. The molecule has 2 N–H and O–H groups in total. The molecule has 0 aliphatic carbocycles. The molecule has 0 radical (unpaired) electrons. The maximum atomic E-state index is 11.3. The van der Waals surface area contributed by atoms with Gasteiger partial charge in [-0.05, 0) is 32.9 Å². The lowest BCUT2D eigenvalue weighted by atomic mass is 9.99. The smallest absolute Gasteiger partial charge is 0.312 e. The van der Waals surface area contributed by atoms with Crippen LogP contribution in [0, 0.1) is 0 Å².